The third-order valence-corrected chi connectivity index (χ3v) is 3.33. The Morgan fingerprint density at radius 2 is 1.68 bits per heavy atom. The van der Waals surface area contributed by atoms with E-state index in [0.717, 1.165) is 16.5 Å². The molecule has 2 aromatic carbocycles. The summed E-state index contributed by atoms with van der Waals surface area (Å²) < 4.78 is 10.4. The summed E-state index contributed by atoms with van der Waals surface area (Å²) in [5, 5.41) is 1.75. The lowest BCUT2D eigenvalue weighted by Crippen LogP contribution is -2.08. The molecule has 0 unspecified atom stereocenters. The maximum atomic E-state index is 12.4. The van der Waals surface area contributed by atoms with Crippen molar-refractivity contribution in [3.63, 3.8) is 0 Å². The topological polar surface area (TPSA) is 52.6 Å². The number of methoxy groups -OCH3 is 1. The molecular formula is C18H20O4. The van der Waals surface area contributed by atoms with Crippen LogP contribution in [0.4, 0.5) is 0 Å². The van der Waals surface area contributed by atoms with Crippen LogP contribution in [0.5, 0.6) is 5.75 Å². The average Bonchev–Trinajstić information content (AvgIpc) is 2.52. The first-order chi connectivity index (χ1) is 10.5. The molecule has 0 aliphatic rings. The number of hydrogen-bond donors (Lipinski definition) is 0. The van der Waals surface area contributed by atoms with Gasteiger partial charge >= 0.3 is 5.97 Å². The maximum absolute atomic E-state index is 12.4. The molecular weight excluding hydrogens is 280 g/mol. The van der Waals surface area contributed by atoms with Crippen LogP contribution in [0.1, 0.15) is 37.0 Å². The molecule has 2 aromatic rings. The second-order valence-corrected chi connectivity index (χ2v) is 5.32. The lowest BCUT2D eigenvalue weighted by Gasteiger charge is -2.14. The first-order valence-corrected chi connectivity index (χ1v) is 7.31. The van der Waals surface area contributed by atoms with Crippen LogP contribution < -0.4 is 4.74 Å². The Kier molecular flexibility index (Phi) is 5.15. The fraction of sp³-hybridized carbons (Fsp3) is 0.333. The minimum atomic E-state index is -0.377. The summed E-state index contributed by atoms with van der Waals surface area (Å²) in [6.45, 7) is 3.92. The summed E-state index contributed by atoms with van der Waals surface area (Å²) in [6.07, 6.45) is 0.291. The Morgan fingerprint density at radius 1 is 1.00 bits per heavy atom. The van der Waals surface area contributed by atoms with E-state index >= 15 is 0 Å². The molecule has 0 aromatic heterocycles. The van der Waals surface area contributed by atoms with Gasteiger partial charge in [0, 0.05) is 17.4 Å². The van der Waals surface area contributed by atoms with Crippen molar-refractivity contribution in [3.8, 4) is 5.75 Å². The van der Waals surface area contributed by atoms with Crippen molar-refractivity contribution in [2.45, 2.75) is 32.8 Å². The Hall–Kier alpha value is -2.36. The molecule has 0 atom stereocenters. The zero-order valence-corrected chi connectivity index (χ0v) is 13.1. The van der Waals surface area contributed by atoms with Gasteiger partial charge in [-0.2, -0.15) is 0 Å². The molecule has 4 heteroatoms. The number of carbonyl (C=O) groups is 2. The summed E-state index contributed by atoms with van der Waals surface area (Å²) in [5.74, 6) is 0.310. The fourth-order valence-corrected chi connectivity index (χ4v) is 2.32. The second kappa shape index (κ2) is 7.07. The number of benzene rings is 2. The molecule has 116 valence electrons. The standard InChI is InChI=1S/C18H20O4/c1-12(2)22-17-10-8-14(13-6-4-5-7-15(13)17)16(19)9-11-18(20)21-3/h4-8,10,12H,9,11H2,1-3H3. The van der Waals surface area contributed by atoms with Crippen LogP contribution >= 0.6 is 0 Å². The first kappa shape index (κ1) is 16.0. The van der Waals surface area contributed by atoms with Gasteiger partial charge in [-0.25, -0.2) is 0 Å². The molecule has 0 fully saturated rings. The van der Waals surface area contributed by atoms with Crippen molar-refractivity contribution < 1.29 is 19.1 Å². The quantitative estimate of drug-likeness (QED) is 0.602. The van der Waals surface area contributed by atoms with Crippen molar-refractivity contribution in [2.24, 2.45) is 0 Å². The van der Waals surface area contributed by atoms with Crippen LogP contribution in [0.25, 0.3) is 10.8 Å². The number of fused-ring (bicyclic) bond motifs is 1. The van der Waals surface area contributed by atoms with Crippen LogP contribution in [-0.2, 0) is 9.53 Å². The van der Waals surface area contributed by atoms with E-state index in [2.05, 4.69) is 4.74 Å². The molecule has 0 N–H and O–H groups in total. The van der Waals surface area contributed by atoms with Crippen LogP contribution in [-0.4, -0.2) is 25.0 Å². The number of ketones is 1. The van der Waals surface area contributed by atoms with E-state index in [-0.39, 0.29) is 30.7 Å². The number of ether oxygens (including phenoxy) is 2. The molecule has 2 rings (SSSR count). The molecule has 0 radical (unpaired) electrons. The molecule has 0 saturated heterocycles. The number of hydrogen-bond acceptors (Lipinski definition) is 4. The molecule has 0 amide bonds. The lowest BCUT2D eigenvalue weighted by atomic mass is 9.98. The molecule has 22 heavy (non-hydrogen) atoms. The number of Topliss-reactive ketones (excluding diaryl/α,β-unsaturated/α-hetero) is 1. The van der Waals surface area contributed by atoms with Crippen LogP contribution in [0.2, 0.25) is 0 Å². The third-order valence-electron chi connectivity index (χ3n) is 3.33. The maximum Gasteiger partial charge on any atom is 0.305 e. The van der Waals surface area contributed by atoms with Crippen molar-refractivity contribution in [3.05, 3.63) is 42.0 Å². The van der Waals surface area contributed by atoms with Crippen LogP contribution in [0.3, 0.4) is 0 Å². The van der Waals surface area contributed by atoms with Gasteiger partial charge in [-0.15, -0.1) is 0 Å². The smallest absolute Gasteiger partial charge is 0.305 e. The monoisotopic (exact) mass is 300 g/mol. The average molecular weight is 300 g/mol. The van der Waals surface area contributed by atoms with Crippen molar-refractivity contribution in [2.75, 3.05) is 7.11 Å². The second-order valence-electron chi connectivity index (χ2n) is 5.32. The highest BCUT2D eigenvalue weighted by Gasteiger charge is 2.15. The molecule has 0 saturated carbocycles. The molecule has 0 aliphatic heterocycles. The minimum Gasteiger partial charge on any atom is -0.490 e. The van der Waals surface area contributed by atoms with Crippen LogP contribution in [0.15, 0.2) is 36.4 Å². The van der Waals surface area contributed by atoms with Gasteiger partial charge in [0.1, 0.15) is 5.75 Å². The van der Waals surface area contributed by atoms with Gasteiger partial charge in [-0.05, 0) is 31.4 Å². The highest BCUT2D eigenvalue weighted by atomic mass is 16.5. The molecule has 0 aliphatic carbocycles. The van der Waals surface area contributed by atoms with Crippen molar-refractivity contribution in [1.29, 1.82) is 0 Å². The fourth-order valence-electron chi connectivity index (χ4n) is 2.32. The third kappa shape index (κ3) is 3.64. The Labute approximate surface area is 130 Å². The summed E-state index contributed by atoms with van der Waals surface area (Å²) in [7, 11) is 1.32. The van der Waals surface area contributed by atoms with Crippen LogP contribution in [0, 0.1) is 0 Å². The normalized spacial score (nSPS) is 10.7. The van der Waals surface area contributed by atoms with Gasteiger partial charge < -0.3 is 9.47 Å². The highest BCUT2D eigenvalue weighted by Crippen LogP contribution is 2.30. The number of esters is 1. The van der Waals surface area contributed by atoms with E-state index in [9.17, 15) is 9.59 Å². The molecule has 0 bridgehead atoms. The number of rotatable bonds is 6. The largest absolute Gasteiger partial charge is 0.490 e. The van der Waals surface area contributed by atoms with Gasteiger partial charge in [0.25, 0.3) is 0 Å². The summed E-state index contributed by atoms with van der Waals surface area (Å²) >= 11 is 0. The minimum absolute atomic E-state index is 0.0595. The number of carbonyl (C=O) groups excluding carboxylic acids is 2. The SMILES string of the molecule is COC(=O)CCC(=O)c1ccc(OC(C)C)c2ccccc12. The predicted octanol–water partition coefficient (Wildman–Crippen LogP) is 3.76. The van der Waals surface area contributed by atoms with E-state index < -0.39 is 0 Å². The van der Waals surface area contributed by atoms with E-state index in [0.29, 0.717) is 5.56 Å². The first-order valence-electron chi connectivity index (χ1n) is 7.31. The predicted molar refractivity (Wildman–Crippen MR) is 85.3 cm³/mol. The summed E-state index contributed by atoms with van der Waals surface area (Å²) in [4.78, 5) is 23.6. The molecule has 0 spiro atoms. The summed E-state index contributed by atoms with van der Waals surface area (Å²) in [5.41, 5.74) is 0.607. The van der Waals surface area contributed by atoms with E-state index in [1.807, 2.05) is 44.2 Å². The highest BCUT2D eigenvalue weighted by molar-refractivity contribution is 6.10. The Balaban J connectivity index is 2.35. The lowest BCUT2D eigenvalue weighted by molar-refractivity contribution is -0.140. The van der Waals surface area contributed by atoms with Crippen molar-refractivity contribution in [1.82, 2.24) is 0 Å². The Bertz CT molecular complexity index is 689. The van der Waals surface area contributed by atoms with E-state index in [1.165, 1.54) is 7.11 Å². The Morgan fingerprint density at radius 3 is 2.32 bits per heavy atom. The zero-order valence-electron chi connectivity index (χ0n) is 13.1. The van der Waals surface area contributed by atoms with Gasteiger partial charge in [0.2, 0.25) is 0 Å². The van der Waals surface area contributed by atoms with Crippen molar-refractivity contribution >= 4 is 22.5 Å². The molecule has 0 heterocycles. The zero-order chi connectivity index (χ0) is 16.1. The molecule has 4 nitrogen and oxygen atoms in total. The van der Waals surface area contributed by atoms with E-state index in [1.54, 1.807) is 6.07 Å². The van der Waals surface area contributed by atoms with Gasteiger partial charge in [0.05, 0.1) is 19.6 Å². The van der Waals surface area contributed by atoms with Gasteiger partial charge in [-0.1, -0.05) is 24.3 Å². The van der Waals surface area contributed by atoms with Gasteiger partial charge in [0.15, 0.2) is 5.78 Å². The summed E-state index contributed by atoms with van der Waals surface area (Å²) in [6, 6.07) is 11.2. The van der Waals surface area contributed by atoms with E-state index in [4.69, 9.17) is 4.74 Å². The van der Waals surface area contributed by atoms with Gasteiger partial charge in [-0.3, -0.25) is 9.59 Å².